The lowest BCUT2D eigenvalue weighted by molar-refractivity contribution is -0.115. The van der Waals surface area contributed by atoms with Gasteiger partial charge in [-0.1, -0.05) is 43.3 Å². The van der Waals surface area contributed by atoms with Crippen LogP contribution in [0.3, 0.4) is 0 Å². The van der Waals surface area contributed by atoms with Crippen LogP contribution in [0, 0.1) is 0 Å². The summed E-state index contributed by atoms with van der Waals surface area (Å²) < 4.78 is 25.3. The smallest absolute Gasteiger partial charge is 0.238 e. The van der Waals surface area contributed by atoms with Gasteiger partial charge >= 0.3 is 0 Å². The number of aryl methyl sites for hydroxylation is 1. The lowest BCUT2D eigenvalue weighted by atomic mass is 10.3. The second-order valence-electron chi connectivity index (χ2n) is 6.67. The molecule has 0 unspecified atom stereocenters. The number of para-hydroxylation sites is 1. The highest BCUT2D eigenvalue weighted by Crippen LogP contribution is 2.27. The normalized spacial score (nSPS) is 11.7. The molecule has 3 aromatic rings. The Labute approximate surface area is 175 Å². The Morgan fingerprint density at radius 3 is 2.59 bits per heavy atom. The van der Waals surface area contributed by atoms with E-state index in [1.165, 1.54) is 23.9 Å². The number of amides is 1. The first kappa shape index (κ1) is 21.4. The number of hydrogen-bond acceptors (Lipinski definition) is 5. The molecule has 0 aliphatic rings. The Balaban J connectivity index is 1.86. The van der Waals surface area contributed by atoms with E-state index < -0.39 is 10.0 Å². The quantitative estimate of drug-likeness (QED) is 0.551. The Morgan fingerprint density at radius 2 is 1.93 bits per heavy atom. The van der Waals surface area contributed by atoms with Crippen molar-refractivity contribution in [1.82, 2.24) is 9.55 Å². The lowest BCUT2D eigenvalue weighted by Gasteiger charge is -2.17. The van der Waals surface area contributed by atoms with Gasteiger partial charge < -0.3 is 9.47 Å². The number of carbonyl (C=O) groups excluding carboxylic acids is 1. The van der Waals surface area contributed by atoms with E-state index in [1.54, 1.807) is 18.0 Å². The number of primary sulfonamides is 1. The molecule has 2 N–H and O–H groups in total. The Morgan fingerprint density at radius 1 is 1.21 bits per heavy atom. The third kappa shape index (κ3) is 4.98. The first-order valence-electron chi connectivity index (χ1n) is 9.28. The van der Waals surface area contributed by atoms with Gasteiger partial charge in [-0.3, -0.25) is 4.79 Å². The number of rotatable bonds is 8. The van der Waals surface area contributed by atoms with Crippen LogP contribution in [-0.4, -0.2) is 36.7 Å². The fourth-order valence-electron chi connectivity index (χ4n) is 2.93. The van der Waals surface area contributed by atoms with E-state index in [9.17, 15) is 13.2 Å². The van der Waals surface area contributed by atoms with Crippen molar-refractivity contribution >= 4 is 44.4 Å². The van der Waals surface area contributed by atoms with Gasteiger partial charge in [0, 0.05) is 19.3 Å². The first-order valence-corrected chi connectivity index (χ1v) is 11.8. The van der Waals surface area contributed by atoms with Crippen LogP contribution in [0.1, 0.15) is 19.8 Å². The zero-order chi connectivity index (χ0) is 21.0. The molecule has 0 radical (unpaired) electrons. The fraction of sp³-hybridized carbons (Fsp3) is 0.300. The Hall–Kier alpha value is -2.36. The van der Waals surface area contributed by atoms with Gasteiger partial charge in [0.25, 0.3) is 0 Å². The number of imidazole rings is 1. The van der Waals surface area contributed by atoms with Gasteiger partial charge in [-0.15, -0.1) is 0 Å². The molecule has 0 saturated heterocycles. The average Bonchev–Trinajstić information content (AvgIpc) is 3.06. The Kier molecular flexibility index (Phi) is 6.61. The van der Waals surface area contributed by atoms with Crippen molar-refractivity contribution in [1.29, 1.82) is 0 Å². The molecule has 0 spiro atoms. The molecule has 2 aromatic carbocycles. The number of unbranched alkanes of at least 4 members (excludes halogenated alkanes) is 1. The highest BCUT2D eigenvalue weighted by Gasteiger charge is 2.17. The number of sulfonamides is 1. The topological polar surface area (TPSA) is 98.3 Å². The van der Waals surface area contributed by atoms with E-state index in [0.29, 0.717) is 10.7 Å². The largest absolute Gasteiger partial charge is 0.319 e. The minimum Gasteiger partial charge on any atom is -0.319 e. The second-order valence-corrected chi connectivity index (χ2v) is 9.18. The summed E-state index contributed by atoms with van der Waals surface area (Å²) in [6.45, 7) is 2.84. The number of thioether (sulfide) groups is 1. The molecule has 0 bridgehead atoms. The number of aromatic nitrogens is 2. The number of anilines is 1. The van der Waals surface area contributed by atoms with Gasteiger partial charge in [-0.2, -0.15) is 0 Å². The molecule has 1 aromatic heterocycles. The Bertz CT molecular complexity index is 1110. The van der Waals surface area contributed by atoms with E-state index in [-0.39, 0.29) is 16.6 Å². The molecule has 1 heterocycles. The molecule has 1 amide bonds. The third-order valence-corrected chi connectivity index (χ3v) is 6.46. The number of carbonyl (C=O) groups is 1. The van der Waals surface area contributed by atoms with Gasteiger partial charge in [0.15, 0.2) is 5.16 Å². The molecule has 154 valence electrons. The van der Waals surface area contributed by atoms with Crippen molar-refractivity contribution in [3.8, 4) is 0 Å². The van der Waals surface area contributed by atoms with Crippen LogP contribution < -0.4 is 10.0 Å². The molecule has 0 atom stereocenters. The molecule has 9 heteroatoms. The summed E-state index contributed by atoms with van der Waals surface area (Å²) in [4.78, 5) is 18.8. The maximum Gasteiger partial charge on any atom is 0.238 e. The molecule has 0 saturated carbocycles. The van der Waals surface area contributed by atoms with Gasteiger partial charge in [-0.05, 0) is 36.8 Å². The van der Waals surface area contributed by atoms with Crippen LogP contribution in [0.4, 0.5) is 5.69 Å². The second kappa shape index (κ2) is 8.98. The molecule has 0 fully saturated rings. The fourth-order valence-corrected chi connectivity index (χ4v) is 4.41. The van der Waals surface area contributed by atoms with Crippen molar-refractivity contribution in [3.63, 3.8) is 0 Å². The highest BCUT2D eigenvalue weighted by atomic mass is 32.2. The van der Waals surface area contributed by atoms with Crippen LogP contribution in [0.5, 0.6) is 0 Å². The number of nitrogens with two attached hydrogens (primary N) is 1. The maximum atomic E-state index is 12.6. The molecule has 0 aliphatic carbocycles. The predicted octanol–water partition coefficient (Wildman–Crippen LogP) is 3.24. The summed E-state index contributed by atoms with van der Waals surface area (Å²) in [5.41, 5.74) is 2.21. The minimum absolute atomic E-state index is 0.0292. The molecule has 0 aliphatic heterocycles. The number of benzene rings is 2. The summed E-state index contributed by atoms with van der Waals surface area (Å²) in [7, 11) is -2.05. The van der Waals surface area contributed by atoms with E-state index in [2.05, 4.69) is 11.9 Å². The number of fused-ring (bicyclic) bond motifs is 1. The molecule has 7 nitrogen and oxygen atoms in total. The SMILES string of the molecule is CCCCn1c(SCC(=O)N(C)c2ccccc2)nc2cc(S(N)(=O)=O)ccc21. The summed E-state index contributed by atoms with van der Waals surface area (Å²) >= 11 is 1.35. The van der Waals surface area contributed by atoms with Gasteiger partial charge in [0.2, 0.25) is 15.9 Å². The standard InChI is InChI=1S/C20H24N4O3S2/c1-3-4-12-24-18-11-10-16(29(21,26)27)13-17(18)22-20(24)28-14-19(25)23(2)15-8-6-5-7-9-15/h5-11,13H,3-4,12,14H2,1-2H3,(H2,21,26,27). The zero-order valence-electron chi connectivity index (χ0n) is 16.4. The highest BCUT2D eigenvalue weighted by molar-refractivity contribution is 7.99. The van der Waals surface area contributed by atoms with Gasteiger partial charge in [-0.25, -0.2) is 18.5 Å². The average molecular weight is 433 g/mol. The van der Waals surface area contributed by atoms with Crippen molar-refractivity contribution in [3.05, 3.63) is 48.5 Å². The van der Waals surface area contributed by atoms with Crippen molar-refractivity contribution in [2.75, 3.05) is 17.7 Å². The van der Waals surface area contributed by atoms with Crippen LogP contribution in [0.2, 0.25) is 0 Å². The monoisotopic (exact) mass is 432 g/mol. The van der Waals surface area contributed by atoms with E-state index in [0.717, 1.165) is 30.6 Å². The van der Waals surface area contributed by atoms with Crippen molar-refractivity contribution in [2.45, 2.75) is 36.4 Å². The van der Waals surface area contributed by atoms with Crippen molar-refractivity contribution < 1.29 is 13.2 Å². The molecule has 29 heavy (non-hydrogen) atoms. The van der Waals surface area contributed by atoms with E-state index in [1.807, 2.05) is 34.9 Å². The maximum absolute atomic E-state index is 12.6. The minimum atomic E-state index is -3.80. The first-order chi connectivity index (χ1) is 13.8. The lowest BCUT2D eigenvalue weighted by Crippen LogP contribution is -2.27. The molecular formula is C20H24N4O3S2. The number of nitrogens with zero attached hydrogens (tertiary/aromatic N) is 3. The van der Waals surface area contributed by atoms with Crippen molar-refractivity contribution in [2.24, 2.45) is 5.14 Å². The van der Waals surface area contributed by atoms with Gasteiger partial charge in [0.1, 0.15) is 0 Å². The molecule has 3 rings (SSSR count). The van der Waals surface area contributed by atoms with Crippen LogP contribution in [-0.2, 0) is 21.4 Å². The molecular weight excluding hydrogens is 408 g/mol. The summed E-state index contributed by atoms with van der Waals surface area (Å²) in [6.07, 6.45) is 1.96. The zero-order valence-corrected chi connectivity index (χ0v) is 18.0. The van der Waals surface area contributed by atoms with Crippen LogP contribution in [0.15, 0.2) is 58.6 Å². The predicted molar refractivity (Wildman–Crippen MR) is 117 cm³/mol. The summed E-state index contributed by atoms with van der Waals surface area (Å²) in [6, 6.07) is 14.1. The van der Waals surface area contributed by atoms with E-state index >= 15 is 0 Å². The third-order valence-electron chi connectivity index (χ3n) is 4.59. The number of hydrogen-bond donors (Lipinski definition) is 1. The summed E-state index contributed by atoms with van der Waals surface area (Å²) in [5.74, 6) is 0.184. The van der Waals surface area contributed by atoms with Crippen LogP contribution >= 0.6 is 11.8 Å². The van der Waals surface area contributed by atoms with E-state index in [4.69, 9.17) is 5.14 Å². The summed E-state index contributed by atoms with van der Waals surface area (Å²) in [5, 5.41) is 5.93. The van der Waals surface area contributed by atoms with Gasteiger partial charge in [0.05, 0.1) is 21.7 Å². The van der Waals surface area contributed by atoms with Crippen LogP contribution in [0.25, 0.3) is 11.0 Å².